The number of hydrogen-bond donors (Lipinski definition) is 0. The quantitative estimate of drug-likeness (QED) is 0.519. The maximum absolute atomic E-state index is 13.5. The van der Waals surface area contributed by atoms with E-state index in [1.165, 1.54) is 16.8 Å². The van der Waals surface area contributed by atoms with Crippen molar-refractivity contribution in [3.63, 3.8) is 0 Å². The van der Waals surface area contributed by atoms with Gasteiger partial charge < -0.3 is 9.47 Å². The summed E-state index contributed by atoms with van der Waals surface area (Å²) in [6.45, 7) is 3.76. The lowest BCUT2D eigenvalue weighted by Crippen LogP contribution is -2.39. The minimum absolute atomic E-state index is 0.0232. The highest BCUT2D eigenvalue weighted by atomic mass is 35.5. The van der Waals surface area contributed by atoms with E-state index >= 15 is 0 Å². The van der Waals surface area contributed by atoms with Gasteiger partial charge in [-0.15, -0.1) is 0 Å². The molecule has 0 radical (unpaired) electrons. The number of hydrogen-bond acceptors (Lipinski definition) is 4. The topological polar surface area (TPSA) is 75.5 Å². The van der Waals surface area contributed by atoms with Crippen molar-refractivity contribution in [2.45, 2.75) is 31.3 Å². The van der Waals surface area contributed by atoms with Gasteiger partial charge in [-0.2, -0.15) is 8.42 Å². The maximum Gasteiger partial charge on any atom is 0.283 e. The molecule has 33 heavy (non-hydrogen) atoms. The Morgan fingerprint density at radius 3 is 2.45 bits per heavy atom. The van der Waals surface area contributed by atoms with Gasteiger partial charge in [-0.1, -0.05) is 30.7 Å². The second-order valence-corrected chi connectivity index (χ2v) is 10.8. The highest BCUT2D eigenvalue weighted by molar-refractivity contribution is 7.92. The molecule has 1 fully saturated rings. The molecule has 2 aromatic carbocycles. The highest BCUT2D eigenvalue weighted by Crippen LogP contribution is 2.27. The molecule has 1 unspecified atom stereocenters. The second-order valence-electron chi connectivity index (χ2n) is 8.56. The van der Waals surface area contributed by atoms with Crippen LogP contribution >= 0.6 is 11.6 Å². The number of carbonyl (C=O) groups excluding carboxylic acids is 1. The SMILES string of the molecule is CC1CCCN(C(=O)c2ccc(N(Cc3ccc(Cl)cc3)S(=O)(=O)c3cn(C)cn3)cc2)C1. The Hall–Kier alpha value is -2.84. The highest BCUT2D eigenvalue weighted by Gasteiger charge is 2.28. The molecule has 1 saturated heterocycles. The number of carbonyl (C=O) groups is 1. The number of nitrogens with zero attached hydrogens (tertiary/aromatic N) is 4. The lowest BCUT2D eigenvalue weighted by atomic mass is 9.99. The Labute approximate surface area is 199 Å². The van der Waals surface area contributed by atoms with E-state index in [9.17, 15) is 13.2 Å². The fraction of sp³-hybridized carbons (Fsp3) is 0.333. The van der Waals surface area contributed by atoms with Crippen molar-refractivity contribution in [2.24, 2.45) is 13.0 Å². The Balaban J connectivity index is 1.65. The Morgan fingerprint density at radius 2 is 1.85 bits per heavy atom. The second kappa shape index (κ2) is 9.57. The van der Waals surface area contributed by atoms with Crippen LogP contribution in [0.5, 0.6) is 0 Å². The first kappa shape index (κ1) is 23.3. The predicted molar refractivity (Wildman–Crippen MR) is 129 cm³/mol. The van der Waals surface area contributed by atoms with Gasteiger partial charge in [0.15, 0.2) is 5.03 Å². The van der Waals surface area contributed by atoms with Crippen LogP contribution < -0.4 is 4.31 Å². The van der Waals surface area contributed by atoms with Crippen LogP contribution in [-0.2, 0) is 23.6 Å². The number of aryl methyl sites for hydroxylation is 1. The summed E-state index contributed by atoms with van der Waals surface area (Å²) in [6.07, 6.45) is 5.06. The number of aromatic nitrogens is 2. The molecule has 0 bridgehead atoms. The molecule has 1 aliphatic heterocycles. The van der Waals surface area contributed by atoms with Crippen LogP contribution in [0, 0.1) is 5.92 Å². The smallest absolute Gasteiger partial charge is 0.283 e. The monoisotopic (exact) mass is 486 g/mol. The molecule has 1 aromatic heterocycles. The van der Waals surface area contributed by atoms with E-state index in [-0.39, 0.29) is 17.5 Å². The third-order valence-corrected chi connectivity index (χ3v) is 7.73. The van der Waals surface area contributed by atoms with Crippen LogP contribution in [0.2, 0.25) is 5.02 Å². The normalized spacial score (nSPS) is 16.6. The van der Waals surface area contributed by atoms with Crippen molar-refractivity contribution in [1.82, 2.24) is 14.5 Å². The lowest BCUT2D eigenvalue weighted by Gasteiger charge is -2.31. The molecule has 1 atom stereocenters. The minimum atomic E-state index is -3.93. The van der Waals surface area contributed by atoms with Gasteiger partial charge in [0.2, 0.25) is 0 Å². The van der Waals surface area contributed by atoms with Crippen molar-refractivity contribution in [1.29, 1.82) is 0 Å². The molecule has 4 rings (SSSR count). The van der Waals surface area contributed by atoms with Crippen LogP contribution in [0.25, 0.3) is 0 Å². The Morgan fingerprint density at radius 1 is 1.15 bits per heavy atom. The van der Waals surface area contributed by atoms with Crippen LogP contribution in [0.1, 0.15) is 35.7 Å². The van der Waals surface area contributed by atoms with Crippen molar-refractivity contribution in [3.05, 3.63) is 77.2 Å². The summed E-state index contributed by atoms with van der Waals surface area (Å²) in [7, 11) is -2.21. The number of rotatable bonds is 6. The standard InChI is InChI=1S/C24H27ClN4O3S/c1-18-4-3-13-28(14-18)24(30)20-7-11-22(12-8-20)29(15-19-5-9-21(25)10-6-19)33(31,32)23-16-27(2)17-26-23/h5-12,16-18H,3-4,13-15H2,1-2H3. The summed E-state index contributed by atoms with van der Waals surface area (Å²) in [5, 5.41) is 0.536. The van der Waals surface area contributed by atoms with Gasteiger partial charge in [0.05, 0.1) is 18.6 Å². The van der Waals surface area contributed by atoms with Crippen molar-refractivity contribution < 1.29 is 13.2 Å². The number of halogens is 1. The van der Waals surface area contributed by atoms with Gasteiger partial charge >= 0.3 is 0 Å². The van der Waals surface area contributed by atoms with E-state index in [2.05, 4.69) is 11.9 Å². The summed E-state index contributed by atoms with van der Waals surface area (Å²) < 4.78 is 29.8. The summed E-state index contributed by atoms with van der Waals surface area (Å²) in [4.78, 5) is 18.9. The number of benzene rings is 2. The third-order valence-electron chi connectivity index (χ3n) is 5.82. The Bertz CT molecular complexity index is 1220. The summed E-state index contributed by atoms with van der Waals surface area (Å²) >= 11 is 5.99. The first-order valence-corrected chi connectivity index (χ1v) is 12.7. The molecule has 0 saturated carbocycles. The van der Waals surface area contributed by atoms with Crippen molar-refractivity contribution in [2.75, 3.05) is 17.4 Å². The zero-order valence-electron chi connectivity index (χ0n) is 18.7. The number of amides is 1. The molecule has 0 N–H and O–H groups in total. The molecule has 0 spiro atoms. The van der Waals surface area contributed by atoms with Gasteiger partial charge in [-0.25, -0.2) is 4.98 Å². The van der Waals surface area contributed by atoms with Crippen LogP contribution in [0.15, 0.2) is 66.1 Å². The predicted octanol–water partition coefficient (Wildman–Crippen LogP) is 4.34. The molecule has 3 aromatic rings. The summed E-state index contributed by atoms with van der Waals surface area (Å²) in [5.74, 6) is 0.463. The zero-order valence-corrected chi connectivity index (χ0v) is 20.3. The molecular weight excluding hydrogens is 460 g/mol. The number of likely N-dealkylation sites (tertiary alicyclic amines) is 1. The zero-order chi connectivity index (χ0) is 23.6. The Kier molecular flexibility index (Phi) is 6.76. The molecular formula is C24H27ClN4O3S. The number of anilines is 1. The lowest BCUT2D eigenvalue weighted by molar-refractivity contribution is 0.0683. The van der Waals surface area contributed by atoms with E-state index in [0.29, 0.717) is 22.2 Å². The van der Waals surface area contributed by atoms with Gasteiger partial charge in [-0.05, 0) is 60.7 Å². The van der Waals surface area contributed by atoms with Crippen LogP contribution in [0.4, 0.5) is 5.69 Å². The van der Waals surface area contributed by atoms with E-state index in [0.717, 1.165) is 31.5 Å². The average Bonchev–Trinajstić information content (AvgIpc) is 3.25. The molecule has 2 heterocycles. The number of imidazole rings is 1. The fourth-order valence-electron chi connectivity index (χ4n) is 4.03. The van der Waals surface area contributed by atoms with Gasteiger partial charge in [-0.3, -0.25) is 9.10 Å². The molecule has 1 amide bonds. The van der Waals surface area contributed by atoms with Gasteiger partial charge in [0.25, 0.3) is 15.9 Å². The van der Waals surface area contributed by atoms with E-state index in [4.69, 9.17) is 11.6 Å². The molecule has 0 aliphatic carbocycles. The third kappa shape index (κ3) is 5.23. The fourth-order valence-corrected chi connectivity index (χ4v) is 5.58. The van der Waals surface area contributed by atoms with E-state index in [1.54, 1.807) is 60.1 Å². The molecule has 9 heteroatoms. The van der Waals surface area contributed by atoms with E-state index in [1.807, 2.05) is 4.90 Å². The van der Waals surface area contributed by atoms with Gasteiger partial charge in [0, 0.05) is 36.9 Å². The number of piperidine rings is 1. The number of sulfonamides is 1. The maximum atomic E-state index is 13.5. The average molecular weight is 487 g/mol. The van der Waals surface area contributed by atoms with Crippen LogP contribution in [-0.4, -0.2) is 41.9 Å². The summed E-state index contributed by atoms with van der Waals surface area (Å²) in [6, 6.07) is 13.8. The van der Waals surface area contributed by atoms with Gasteiger partial charge in [0.1, 0.15) is 0 Å². The van der Waals surface area contributed by atoms with Crippen molar-refractivity contribution in [3.8, 4) is 0 Å². The first-order chi connectivity index (χ1) is 15.7. The first-order valence-electron chi connectivity index (χ1n) is 10.9. The van der Waals surface area contributed by atoms with Crippen LogP contribution in [0.3, 0.4) is 0 Å². The van der Waals surface area contributed by atoms with E-state index < -0.39 is 10.0 Å². The minimum Gasteiger partial charge on any atom is -0.339 e. The molecule has 1 aliphatic rings. The largest absolute Gasteiger partial charge is 0.339 e. The molecule has 7 nitrogen and oxygen atoms in total. The van der Waals surface area contributed by atoms with Crippen molar-refractivity contribution >= 4 is 33.2 Å². The summed E-state index contributed by atoms with van der Waals surface area (Å²) in [5.41, 5.74) is 1.79. The molecule has 174 valence electrons.